The van der Waals surface area contributed by atoms with E-state index in [2.05, 4.69) is 111 Å². The molecule has 0 nitrogen and oxygen atoms in total. The first-order chi connectivity index (χ1) is 15.2. The van der Waals surface area contributed by atoms with Gasteiger partial charge in [0, 0.05) is 5.41 Å². The van der Waals surface area contributed by atoms with Crippen LogP contribution in [-0.2, 0) is 5.41 Å². The fourth-order valence-corrected chi connectivity index (χ4v) is 6.09. The van der Waals surface area contributed by atoms with Crippen LogP contribution in [0.15, 0.2) is 97.1 Å². The minimum atomic E-state index is -0.0894. The van der Waals surface area contributed by atoms with Gasteiger partial charge in [0.1, 0.15) is 0 Å². The highest BCUT2D eigenvalue weighted by Crippen LogP contribution is 2.54. The normalized spacial score (nSPS) is 14.4. The molecule has 0 saturated heterocycles. The third kappa shape index (κ3) is 2.05. The van der Waals surface area contributed by atoms with E-state index in [-0.39, 0.29) is 5.41 Å². The second-order valence-electron chi connectivity index (χ2n) is 9.34. The van der Waals surface area contributed by atoms with E-state index in [9.17, 15) is 0 Å². The smallest absolute Gasteiger partial charge is 0.0165 e. The molecule has 0 heterocycles. The Bertz CT molecular complexity index is 1700. The zero-order valence-corrected chi connectivity index (χ0v) is 17.7. The van der Waals surface area contributed by atoms with Crippen molar-refractivity contribution in [3.8, 4) is 11.1 Å². The standard InChI is InChI=1S/C31H22/c1-31(2)27-17-9-16-23-20-11-4-3-10-19(20)18-26(28(23)27)29-24-14-7-5-12-21(24)22-13-6-8-15-25(22)30(29)31/h3-18H,1-2H3. The van der Waals surface area contributed by atoms with Crippen molar-refractivity contribution in [1.29, 1.82) is 0 Å². The van der Waals surface area contributed by atoms with E-state index in [4.69, 9.17) is 0 Å². The molecule has 0 aromatic heterocycles. The number of hydrogen-bond donors (Lipinski definition) is 0. The zero-order valence-electron chi connectivity index (χ0n) is 17.7. The van der Waals surface area contributed by atoms with Crippen LogP contribution >= 0.6 is 0 Å². The molecule has 6 aromatic carbocycles. The van der Waals surface area contributed by atoms with Crippen molar-refractivity contribution < 1.29 is 0 Å². The molecule has 0 unspecified atom stereocenters. The molecular weight excluding hydrogens is 372 g/mol. The van der Waals surface area contributed by atoms with Gasteiger partial charge in [-0.3, -0.25) is 0 Å². The van der Waals surface area contributed by atoms with Crippen LogP contribution in [0.25, 0.3) is 54.2 Å². The van der Waals surface area contributed by atoms with E-state index in [1.54, 1.807) is 0 Å². The number of hydrogen-bond acceptors (Lipinski definition) is 0. The van der Waals surface area contributed by atoms with E-state index < -0.39 is 0 Å². The van der Waals surface area contributed by atoms with E-state index in [1.807, 2.05) is 0 Å². The summed E-state index contributed by atoms with van der Waals surface area (Å²) in [6.45, 7) is 4.81. The van der Waals surface area contributed by atoms with Gasteiger partial charge in [0.2, 0.25) is 0 Å². The summed E-state index contributed by atoms with van der Waals surface area (Å²) in [4.78, 5) is 0. The number of fused-ring (bicyclic) bond motifs is 9. The average Bonchev–Trinajstić information content (AvgIpc) is 2.81. The number of benzene rings is 6. The topological polar surface area (TPSA) is 0 Å². The van der Waals surface area contributed by atoms with E-state index in [1.165, 1.54) is 65.3 Å². The second-order valence-corrected chi connectivity index (χ2v) is 9.34. The quantitative estimate of drug-likeness (QED) is 0.226. The first-order valence-electron chi connectivity index (χ1n) is 11.1. The van der Waals surface area contributed by atoms with Crippen LogP contribution in [0, 0.1) is 0 Å². The van der Waals surface area contributed by atoms with Gasteiger partial charge in [0.25, 0.3) is 0 Å². The molecule has 0 N–H and O–H groups in total. The summed E-state index contributed by atoms with van der Waals surface area (Å²) in [7, 11) is 0. The number of rotatable bonds is 0. The van der Waals surface area contributed by atoms with Crippen molar-refractivity contribution in [3.05, 3.63) is 108 Å². The van der Waals surface area contributed by atoms with Gasteiger partial charge in [-0.15, -0.1) is 0 Å². The summed E-state index contributed by atoms with van der Waals surface area (Å²) in [6, 6.07) is 36.0. The van der Waals surface area contributed by atoms with Gasteiger partial charge in [-0.25, -0.2) is 0 Å². The summed E-state index contributed by atoms with van der Waals surface area (Å²) >= 11 is 0. The first-order valence-corrected chi connectivity index (χ1v) is 11.1. The van der Waals surface area contributed by atoms with Crippen molar-refractivity contribution in [2.24, 2.45) is 0 Å². The monoisotopic (exact) mass is 394 g/mol. The highest BCUT2D eigenvalue weighted by molar-refractivity contribution is 6.24. The summed E-state index contributed by atoms with van der Waals surface area (Å²) in [6.07, 6.45) is 0. The molecule has 6 aromatic rings. The Hall–Kier alpha value is -3.64. The molecule has 0 fully saturated rings. The lowest BCUT2D eigenvalue weighted by atomic mass is 9.65. The van der Waals surface area contributed by atoms with Gasteiger partial charge in [0.05, 0.1) is 0 Å². The van der Waals surface area contributed by atoms with Crippen LogP contribution in [0.3, 0.4) is 0 Å². The molecule has 31 heavy (non-hydrogen) atoms. The minimum absolute atomic E-state index is 0.0894. The summed E-state index contributed by atoms with van der Waals surface area (Å²) < 4.78 is 0. The molecule has 1 aliphatic rings. The SMILES string of the molecule is CC1(C)c2c(c3ccccc3c3ccccc23)-c2cc3ccccc3c3cccc1c23. The van der Waals surface area contributed by atoms with Crippen molar-refractivity contribution in [1.82, 2.24) is 0 Å². The van der Waals surface area contributed by atoms with E-state index >= 15 is 0 Å². The molecule has 0 bridgehead atoms. The lowest BCUT2D eigenvalue weighted by Gasteiger charge is -2.37. The lowest BCUT2D eigenvalue weighted by Crippen LogP contribution is -2.24. The molecular formula is C31H22. The van der Waals surface area contributed by atoms with Crippen LogP contribution in [0.4, 0.5) is 0 Å². The van der Waals surface area contributed by atoms with Gasteiger partial charge >= 0.3 is 0 Å². The Morgan fingerprint density at radius 1 is 0.516 bits per heavy atom. The molecule has 1 aliphatic carbocycles. The summed E-state index contributed by atoms with van der Waals surface area (Å²) in [5, 5.41) is 10.8. The fourth-order valence-electron chi connectivity index (χ4n) is 6.09. The molecule has 0 aliphatic heterocycles. The highest BCUT2D eigenvalue weighted by atomic mass is 14.4. The van der Waals surface area contributed by atoms with Crippen molar-refractivity contribution in [2.45, 2.75) is 19.3 Å². The Labute approximate surface area is 181 Å². The van der Waals surface area contributed by atoms with Crippen LogP contribution in [0.2, 0.25) is 0 Å². The Morgan fingerprint density at radius 3 is 1.87 bits per heavy atom. The molecule has 0 saturated carbocycles. The van der Waals surface area contributed by atoms with Crippen molar-refractivity contribution in [3.63, 3.8) is 0 Å². The summed E-state index contributed by atoms with van der Waals surface area (Å²) in [5.74, 6) is 0. The summed E-state index contributed by atoms with van der Waals surface area (Å²) in [5.41, 5.74) is 5.58. The van der Waals surface area contributed by atoms with E-state index in [0.29, 0.717) is 0 Å². The third-order valence-corrected chi connectivity index (χ3v) is 7.39. The maximum Gasteiger partial charge on any atom is 0.0165 e. The van der Waals surface area contributed by atoms with Crippen molar-refractivity contribution in [2.75, 3.05) is 0 Å². The Balaban J connectivity index is 1.85. The highest BCUT2D eigenvalue weighted by Gasteiger charge is 2.36. The maximum absolute atomic E-state index is 2.43. The van der Waals surface area contributed by atoms with Gasteiger partial charge < -0.3 is 0 Å². The lowest BCUT2D eigenvalue weighted by molar-refractivity contribution is 0.652. The zero-order chi connectivity index (χ0) is 20.7. The van der Waals surface area contributed by atoms with Gasteiger partial charge in [0.15, 0.2) is 0 Å². The van der Waals surface area contributed by atoms with E-state index in [0.717, 1.165) is 0 Å². The Kier molecular flexibility index (Phi) is 3.16. The molecule has 0 atom stereocenters. The predicted molar refractivity (Wildman–Crippen MR) is 134 cm³/mol. The molecule has 0 heteroatoms. The van der Waals surface area contributed by atoms with Crippen LogP contribution in [0.5, 0.6) is 0 Å². The molecule has 0 spiro atoms. The minimum Gasteiger partial charge on any atom is -0.0616 e. The van der Waals surface area contributed by atoms with Crippen LogP contribution < -0.4 is 0 Å². The largest absolute Gasteiger partial charge is 0.0616 e. The van der Waals surface area contributed by atoms with Crippen LogP contribution in [0.1, 0.15) is 25.0 Å². The molecule has 0 radical (unpaired) electrons. The fraction of sp³-hybridized carbons (Fsp3) is 0.0968. The maximum atomic E-state index is 2.43. The van der Waals surface area contributed by atoms with Gasteiger partial charge in [-0.05, 0) is 71.4 Å². The third-order valence-electron chi connectivity index (χ3n) is 7.39. The first kappa shape index (κ1) is 17.1. The Morgan fingerprint density at radius 2 is 1.10 bits per heavy atom. The molecule has 7 rings (SSSR count). The average molecular weight is 395 g/mol. The molecule has 0 amide bonds. The predicted octanol–water partition coefficient (Wildman–Crippen LogP) is 8.61. The van der Waals surface area contributed by atoms with Crippen LogP contribution in [-0.4, -0.2) is 0 Å². The van der Waals surface area contributed by atoms with Gasteiger partial charge in [-0.1, -0.05) is 105 Å². The molecule has 146 valence electrons. The van der Waals surface area contributed by atoms with Crippen molar-refractivity contribution >= 4 is 43.1 Å². The second kappa shape index (κ2) is 5.74. The van der Waals surface area contributed by atoms with Gasteiger partial charge in [-0.2, -0.15) is 0 Å².